The lowest BCUT2D eigenvalue weighted by molar-refractivity contribution is -0.143. The molecule has 0 saturated carbocycles. The Balaban J connectivity index is 2.60. The molecule has 1 aromatic carbocycles. The smallest absolute Gasteiger partial charge is 0.328 e. The molecule has 1 aromatic heterocycles. The maximum Gasteiger partial charge on any atom is 0.328 e. The number of methoxy groups -OCH3 is 1. The van der Waals surface area contributed by atoms with Crippen LogP contribution in [-0.4, -0.2) is 30.6 Å². The molecule has 0 saturated heterocycles. The predicted octanol–water partition coefficient (Wildman–Crippen LogP) is 2.04. The summed E-state index contributed by atoms with van der Waals surface area (Å²) in [5, 5.41) is 3.62. The van der Waals surface area contributed by atoms with Gasteiger partial charge in [-0.3, -0.25) is 4.79 Å². The number of nitrogens with zero attached hydrogens (tertiary/aromatic N) is 1. The van der Waals surface area contributed by atoms with Crippen LogP contribution in [0.1, 0.15) is 28.9 Å². The van der Waals surface area contributed by atoms with Gasteiger partial charge in [0.25, 0.3) is 5.91 Å². The lowest BCUT2D eigenvalue weighted by Crippen LogP contribution is -2.19. The van der Waals surface area contributed by atoms with Gasteiger partial charge in [0, 0.05) is 29.7 Å². The summed E-state index contributed by atoms with van der Waals surface area (Å²) in [6, 6.07) is 5.04. The molecule has 5 nitrogen and oxygen atoms in total. The molecule has 1 heterocycles. The Morgan fingerprint density at radius 2 is 2.05 bits per heavy atom. The molecule has 1 unspecified atom stereocenters. The minimum atomic E-state index is -0.434. The van der Waals surface area contributed by atoms with Crippen molar-refractivity contribution in [3.8, 4) is 0 Å². The third-order valence-electron chi connectivity index (χ3n) is 3.48. The molecule has 0 aliphatic rings. The summed E-state index contributed by atoms with van der Waals surface area (Å²) < 4.78 is 6.62. The zero-order valence-electron chi connectivity index (χ0n) is 12.1. The van der Waals surface area contributed by atoms with Crippen molar-refractivity contribution in [3.05, 3.63) is 35.5 Å². The van der Waals surface area contributed by atoms with Crippen molar-refractivity contribution in [2.24, 2.45) is 0 Å². The van der Waals surface area contributed by atoms with Crippen LogP contribution in [0, 0.1) is 6.92 Å². The van der Waals surface area contributed by atoms with Gasteiger partial charge in [0.15, 0.2) is 0 Å². The fourth-order valence-corrected chi connectivity index (χ4v) is 2.32. The Bertz CT molecular complexity index is 673. The Morgan fingerprint density at radius 3 is 2.65 bits per heavy atom. The average Bonchev–Trinajstić information content (AvgIpc) is 2.81. The number of nitrogens with one attached hydrogen (secondary N) is 1. The summed E-state index contributed by atoms with van der Waals surface area (Å²) >= 11 is 0. The topological polar surface area (TPSA) is 60.3 Å². The van der Waals surface area contributed by atoms with E-state index in [1.165, 1.54) is 7.11 Å². The molecular formula is C15H18N2O3. The van der Waals surface area contributed by atoms with Gasteiger partial charge in [-0.15, -0.1) is 0 Å². The number of benzene rings is 1. The number of carbonyl (C=O) groups excluding carboxylic acids is 2. The van der Waals surface area contributed by atoms with Gasteiger partial charge in [0.2, 0.25) is 0 Å². The van der Waals surface area contributed by atoms with Crippen LogP contribution in [0.4, 0.5) is 0 Å². The van der Waals surface area contributed by atoms with E-state index < -0.39 is 6.04 Å². The van der Waals surface area contributed by atoms with E-state index in [9.17, 15) is 9.59 Å². The molecule has 1 N–H and O–H groups in total. The Labute approximate surface area is 117 Å². The van der Waals surface area contributed by atoms with Crippen LogP contribution in [0.3, 0.4) is 0 Å². The summed E-state index contributed by atoms with van der Waals surface area (Å²) in [5.74, 6) is -0.463. The highest BCUT2D eigenvalue weighted by molar-refractivity contribution is 5.98. The maximum atomic E-state index is 11.7. The molecule has 0 aliphatic carbocycles. The van der Waals surface area contributed by atoms with Crippen molar-refractivity contribution in [2.75, 3.05) is 14.2 Å². The van der Waals surface area contributed by atoms with E-state index in [0.717, 1.165) is 16.5 Å². The van der Waals surface area contributed by atoms with E-state index in [0.29, 0.717) is 5.56 Å². The van der Waals surface area contributed by atoms with Gasteiger partial charge in [-0.1, -0.05) is 6.07 Å². The Morgan fingerprint density at radius 1 is 1.35 bits per heavy atom. The minimum absolute atomic E-state index is 0.150. The van der Waals surface area contributed by atoms with E-state index >= 15 is 0 Å². The quantitative estimate of drug-likeness (QED) is 0.871. The number of aromatic nitrogens is 1. The predicted molar refractivity (Wildman–Crippen MR) is 76.8 cm³/mol. The second-order valence-corrected chi connectivity index (χ2v) is 4.73. The first-order valence-corrected chi connectivity index (χ1v) is 6.40. The molecule has 0 radical (unpaired) electrons. The highest BCUT2D eigenvalue weighted by atomic mass is 16.5. The van der Waals surface area contributed by atoms with E-state index in [4.69, 9.17) is 4.74 Å². The highest BCUT2D eigenvalue weighted by Gasteiger charge is 2.19. The van der Waals surface area contributed by atoms with Crippen molar-refractivity contribution >= 4 is 22.8 Å². The molecule has 5 heteroatoms. The zero-order valence-corrected chi connectivity index (χ0v) is 12.1. The van der Waals surface area contributed by atoms with Gasteiger partial charge in [0.05, 0.1) is 7.11 Å². The number of hydrogen-bond acceptors (Lipinski definition) is 3. The SMILES string of the molecule is CNC(=O)c1ccc2c(C)cn(C(C)C(=O)OC)c2c1. The lowest BCUT2D eigenvalue weighted by atomic mass is 10.1. The van der Waals surface area contributed by atoms with Crippen LogP contribution in [0.2, 0.25) is 0 Å². The Hall–Kier alpha value is -2.30. The van der Waals surface area contributed by atoms with Gasteiger partial charge in [-0.25, -0.2) is 4.79 Å². The number of ether oxygens (including phenoxy) is 1. The molecular weight excluding hydrogens is 256 g/mol. The zero-order chi connectivity index (χ0) is 14.9. The molecule has 1 amide bonds. The molecule has 2 rings (SSSR count). The second-order valence-electron chi connectivity index (χ2n) is 4.73. The number of carbonyl (C=O) groups is 2. The number of aryl methyl sites for hydroxylation is 1. The molecule has 0 bridgehead atoms. The third kappa shape index (κ3) is 2.27. The maximum absolute atomic E-state index is 11.7. The van der Waals surface area contributed by atoms with E-state index in [-0.39, 0.29) is 11.9 Å². The second kappa shape index (κ2) is 5.36. The third-order valence-corrected chi connectivity index (χ3v) is 3.48. The largest absolute Gasteiger partial charge is 0.467 e. The number of esters is 1. The fourth-order valence-electron chi connectivity index (χ4n) is 2.32. The molecule has 20 heavy (non-hydrogen) atoms. The van der Waals surface area contributed by atoms with Crippen molar-refractivity contribution < 1.29 is 14.3 Å². The van der Waals surface area contributed by atoms with E-state index in [2.05, 4.69) is 5.32 Å². The molecule has 0 aliphatic heterocycles. The first-order valence-electron chi connectivity index (χ1n) is 6.40. The van der Waals surface area contributed by atoms with Crippen LogP contribution in [-0.2, 0) is 9.53 Å². The van der Waals surface area contributed by atoms with Gasteiger partial charge < -0.3 is 14.6 Å². The summed E-state index contributed by atoms with van der Waals surface area (Å²) in [6.07, 6.45) is 1.90. The fraction of sp³-hybridized carbons (Fsp3) is 0.333. The standard InChI is InChI=1S/C15H18N2O3/c1-9-8-17(10(2)15(19)20-4)13-7-11(14(18)16-3)5-6-12(9)13/h5-8,10H,1-4H3,(H,16,18). The first kappa shape index (κ1) is 14.1. The normalized spacial score (nSPS) is 12.2. The van der Waals surface area contributed by atoms with Crippen LogP contribution in [0.15, 0.2) is 24.4 Å². The van der Waals surface area contributed by atoms with Gasteiger partial charge in [-0.2, -0.15) is 0 Å². The average molecular weight is 274 g/mol. The van der Waals surface area contributed by atoms with Crippen molar-refractivity contribution in [3.63, 3.8) is 0 Å². The molecule has 0 spiro atoms. The van der Waals surface area contributed by atoms with Gasteiger partial charge in [-0.05, 0) is 31.5 Å². The summed E-state index contributed by atoms with van der Waals surface area (Å²) in [7, 11) is 2.96. The van der Waals surface area contributed by atoms with Crippen molar-refractivity contribution in [1.82, 2.24) is 9.88 Å². The summed E-state index contributed by atoms with van der Waals surface area (Å²) in [4.78, 5) is 23.4. The van der Waals surface area contributed by atoms with Crippen molar-refractivity contribution in [1.29, 1.82) is 0 Å². The van der Waals surface area contributed by atoms with Gasteiger partial charge in [0.1, 0.15) is 6.04 Å². The Kier molecular flexibility index (Phi) is 3.79. The number of amides is 1. The number of rotatable bonds is 3. The molecule has 0 fully saturated rings. The number of hydrogen-bond donors (Lipinski definition) is 1. The number of fused-ring (bicyclic) bond motifs is 1. The van der Waals surface area contributed by atoms with Crippen LogP contribution < -0.4 is 5.32 Å². The minimum Gasteiger partial charge on any atom is -0.467 e. The summed E-state index contributed by atoms with van der Waals surface area (Å²) in [6.45, 7) is 3.75. The molecule has 2 aromatic rings. The van der Waals surface area contributed by atoms with E-state index in [1.54, 1.807) is 26.1 Å². The van der Waals surface area contributed by atoms with E-state index in [1.807, 2.05) is 23.8 Å². The molecule has 106 valence electrons. The van der Waals surface area contributed by atoms with Crippen LogP contribution >= 0.6 is 0 Å². The van der Waals surface area contributed by atoms with Crippen LogP contribution in [0.25, 0.3) is 10.9 Å². The summed E-state index contributed by atoms with van der Waals surface area (Å²) in [5.41, 5.74) is 2.47. The highest BCUT2D eigenvalue weighted by Crippen LogP contribution is 2.26. The van der Waals surface area contributed by atoms with Gasteiger partial charge >= 0.3 is 5.97 Å². The first-order chi connectivity index (χ1) is 9.49. The molecule has 1 atom stereocenters. The monoisotopic (exact) mass is 274 g/mol. The van der Waals surface area contributed by atoms with Crippen LogP contribution in [0.5, 0.6) is 0 Å². The lowest BCUT2D eigenvalue weighted by Gasteiger charge is -2.13. The van der Waals surface area contributed by atoms with Crippen molar-refractivity contribution in [2.45, 2.75) is 19.9 Å².